The first-order valence-electron chi connectivity index (χ1n) is 5.12. The third kappa shape index (κ3) is 9.99. The Hall–Kier alpha value is -0.0900. The van der Waals surface area contributed by atoms with E-state index in [1.54, 1.807) is 0 Å². The maximum absolute atomic E-state index is 3.11. The molecule has 0 spiro atoms. The average Bonchev–Trinajstić information content (AvgIpc) is 2.06. The first-order chi connectivity index (χ1) is 6.39. The van der Waals surface area contributed by atoms with Crippen molar-refractivity contribution in [2.24, 2.45) is 0 Å². The molecular formula is C12H22IN. The fourth-order valence-electron chi connectivity index (χ4n) is 0.711. The fourth-order valence-corrected chi connectivity index (χ4v) is 0.711. The lowest BCUT2D eigenvalue weighted by atomic mass is 10.2. The summed E-state index contributed by atoms with van der Waals surface area (Å²) >= 11 is 0. The topological polar surface area (TPSA) is 12.0 Å². The van der Waals surface area contributed by atoms with E-state index in [0.717, 1.165) is 0 Å². The molecule has 0 amide bonds. The van der Waals surface area contributed by atoms with Gasteiger partial charge in [0.05, 0.1) is 0 Å². The van der Waals surface area contributed by atoms with E-state index in [-0.39, 0.29) is 24.0 Å². The molecule has 0 bridgehead atoms. The van der Waals surface area contributed by atoms with Crippen LogP contribution in [0.25, 0.3) is 0 Å². The van der Waals surface area contributed by atoms with Gasteiger partial charge in [-0.05, 0) is 26.4 Å². The number of hydrogen-bond acceptors (Lipinski definition) is 1. The van der Waals surface area contributed by atoms with Crippen LogP contribution in [-0.4, -0.2) is 13.1 Å². The Labute approximate surface area is 105 Å². The van der Waals surface area contributed by atoms with E-state index in [9.17, 15) is 0 Å². The summed E-state index contributed by atoms with van der Waals surface area (Å²) in [7, 11) is 0. The van der Waals surface area contributed by atoms with Gasteiger partial charge in [-0.1, -0.05) is 49.7 Å². The lowest BCUT2D eigenvalue weighted by Crippen LogP contribution is -2.29. The fraction of sp³-hybridized carbons (Fsp3) is 0.500. The Bertz CT molecular complexity index is 179. The highest BCUT2D eigenvalue weighted by molar-refractivity contribution is 14.0. The maximum Gasteiger partial charge on any atom is -0.00368 e. The molecule has 0 aliphatic carbocycles. The van der Waals surface area contributed by atoms with Crippen molar-refractivity contribution in [3.63, 3.8) is 0 Å². The Morgan fingerprint density at radius 2 is 1.36 bits per heavy atom. The first kappa shape index (κ1) is 16.3. The Balaban J connectivity index is 0. The van der Waals surface area contributed by atoms with Gasteiger partial charge in [0.25, 0.3) is 0 Å². The Kier molecular flexibility index (Phi) is 15.1. The molecular weight excluding hydrogens is 285 g/mol. The van der Waals surface area contributed by atoms with Crippen LogP contribution >= 0.6 is 24.0 Å². The molecule has 0 radical (unpaired) electrons. The summed E-state index contributed by atoms with van der Waals surface area (Å²) in [5.41, 5.74) is 1.32. The van der Waals surface area contributed by atoms with Crippen LogP contribution in [0.15, 0.2) is 30.3 Å². The zero-order chi connectivity index (χ0) is 9.94. The van der Waals surface area contributed by atoms with Crippen molar-refractivity contribution in [2.75, 3.05) is 13.1 Å². The van der Waals surface area contributed by atoms with Gasteiger partial charge in [0, 0.05) is 0 Å². The Morgan fingerprint density at radius 1 is 1.00 bits per heavy atom. The molecule has 1 saturated heterocycles. The largest absolute Gasteiger partial charge is 0.317 e. The van der Waals surface area contributed by atoms with Crippen molar-refractivity contribution in [1.29, 1.82) is 0 Å². The van der Waals surface area contributed by atoms with Crippen LogP contribution in [0.4, 0.5) is 0 Å². The SMILES string of the molecule is C1CNC1.CC.Cc1ccccc1.I. The van der Waals surface area contributed by atoms with Crippen molar-refractivity contribution < 1.29 is 0 Å². The van der Waals surface area contributed by atoms with E-state index in [1.807, 2.05) is 32.0 Å². The summed E-state index contributed by atoms with van der Waals surface area (Å²) in [5, 5.41) is 3.11. The molecule has 1 aromatic carbocycles. The smallest absolute Gasteiger partial charge is 0.00368 e. The first-order valence-corrected chi connectivity index (χ1v) is 5.12. The molecule has 1 heterocycles. The summed E-state index contributed by atoms with van der Waals surface area (Å²) in [5.74, 6) is 0. The molecule has 82 valence electrons. The molecule has 1 aliphatic rings. The van der Waals surface area contributed by atoms with Crippen LogP contribution in [0, 0.1) is 6.92 Å². The van der Waals surface area contributed by atoms with Gasteiger partial charge < -0.3 is 5.32 Å². The van der Waals surface area contributed by atoms with Crippen LogP contribution in [0.5, 0.6) is 0 Å². The van der Waals surface area contributed by atoms with Gasteiger partial charge in [0.15, 0.2) is 0 Å². The molecule has 0 atom stereocenters. The van der Waals surface area contributed by atoms with Crippen LogP contribution in [-0.2, 0) is 0 Å². The second kappa shape index (κ2) is 12.9. The van der Waals surface area contributed by atoms with Gasteiger partial charge in [0.1, 0.15) is 0 Å². The lowest BCUT2D eigenvalue weighted by molar-refractivity contribution is 0.527. The number of benzene rings is 1. The predicted octanol–water partition coefficient (Wildman–Crippen LogP) is 3.62. The summed E-state index contributed by atoms with van der Waals surface area (Å²) < 4.78 is 0. The van der Waals surface area contributed by atoms with Gasteiger partial charge in [-0.15, -0.1) is 24.0 Å². The number of nitrogens with one attached hydrogen (secondary N) is 1. The number of rotatable bonds is 0. The van der Waals surface area contributed by atoms with E-state index in [2.05, 4.69) is 24.4 Å². The maximum atomic E-state index is 3.11. The highest BCUT2D eigenvalue weighted by atomic mass is 127. The molecule has 1 N–H and O–H groups in total. The monoisotopic (exact) mass is 307 g/mol. The van der Waals surface area contributed by atoms with Gasteiger partial charge in [-0.3, -0.25) is 0 Å². The lowest BCUT2D eigenvalue weighted by Gasteiger charge is -2.09. The second-order valence-electron chi connectivity index (χ2n) is 2.76. The molecule has 0 aromatic heterocycles. The highest BCUT2D eigenvalue weighted by Gasteiger charge is 1.92. The Morgan fingerprint density at radius 3 is 1.50 bits per heavy atom. The zero-order valence-corrected chi connectivity index (χ0v) is 11.7. The standard InChI is InChI=1S/C7H8.C3H7N.C2H6.HI/c1-7-5-3-2-4-6-7;1-2-4-3-1;1-2;/h2-6H,1H3;4H,1-3H2;1-2H3;1H. The normalized spacial score (nSPS) is 11.6. The van der Waals surface area contributed by atoms with Crippen LogP contribution < -0.4 is 5.32 Å². The molecule has 1 fully saturated rings. The predicted molar refractivity (Wildman–Crippen MR) is 75.4 cm³/mol. The summed E-state index contributed by atoms with van der Waals surface area (Å²) in [6.07, 6.45) is 1.39. The van der Waals surface area contributed by atoms with Crippen molar-refractivity contribution in [2.45, 2.75) is 27.2 Å². The molecule has 0 unspecified atom stereocenters. The summed E-state index contributed by atoms with van der Waals surface area (Å²) in [6.45, 7) is 8.58. The molecule has 0 saturated carbocycles. The minimum atomic E-state index is 0. The molecule has 14 heavy (non-hydrogen) atoms. The zero-order valence-electron chi connectivity index (χ0n) is 9.42. The minimum Gasteiger partial charge on any atom is -0.317 e. The molecule has 1 aliphatic heterocycles. The van der Waals surface area contributed by atoms with Gasteiger partial charge in [-0.2, -0.15) is 0 Å². The average molecular weight is 307 g/mol. The van der Waals surface area contributed by atoms with Crippen molar-refractivity contribution in [3.05, 3.63) is 35.9 Å². The summed E-state index contributed by atoms with van der Waals surface area (Å²) in [4.78, 5) is 0. The molecule has 2 heteroatoms. The van der Waals surface area contributed by atoms with E-state index in [0.29, 0.717) is 0 Å². The van der Waals surface area contributed by atoms with E-state index >= 15 is 0 Å². The van der Waals surface area contributed by atoms with Crippen LogP contribution in [0.1, 0.15) is 25.8 Å². The number of hydrogen-bond donors (Lipinski definition) is 1. The highest BCUT2D eigenvalue weighted by Crippen LogP contribution is 1.92. The van der Waals surface area contributed by atoms with E-state index < -0.39 is 0 Å². The van der Waals surface area contributed by atoms with Crippen molar-refractivity contribution in [3.8, 4) is 0 Å². The van der Waals surface area contributed by atoms with Gasteiger partial charge >= 0.3 is 0 Å². The van der Waals surface area contributed by atoms with Gasteiger partial charge in [-0.25, -0.2) is 0 Å². The second-order valence-corrected chi connectivity index (χ2v) is 2.76. The van der Waals surface area contributed by atoms with E-state index in [4.69, 9.17) is 0 Å². The number of halogens is 1. The molecule has 1 aromatic rings. The van der Waals surface area contributed by atoms with Gasteiger partial charge in [0.2, 0.25) is 0 Å². The van der Waals surface area contributed by atoms with Crippen molar-refractivity contribution in [1.82, 2.24) is 5.32 Å². The number of aryl methyl sites for hydroxylation is 1. The van der Waals surface area contributed by atoms with E-state index in [1.165, 1.54) is 25.1 Å². The summed E-state index contributed by atoms with van der Waals surface area (Å²) in [6, 6.07) is 10.3. The molecule has 2 rings (SSSR count). The van der Waals surface area contributed by atoms with Crippen LogP contribution in [0.2, 0.25) is 0 Å². The third-order valence-corrected chi connectivity index (χ3v) is 1.65. The quantitative estimate of drug-likeness (QED) is 0.722. The third-order valence-electron chi connectivity index (χ3n) is 1.65. The van der Waals surface area contributed by atoms with Crippen LogP contribution in [0.3, 0.4) is 0 Å². The minimum absolute atomic E-state index is 0. The van der Waals surface area contributed by atoms with Crippen molar-refractivity contribution >= 4 is 24.0 Å². The molecule has 1 nitrogen and oxygen atoms in total.